The van der Waals surface area contributed by atoms with E-state index in [4.69, 9.17) is 9.47 Å². The normalized spacial score (nSPS) is 16.3. The first-order chi connectivity index (χ1) is 12.8. The van der Waals surface area contributed by atoms with Crippen molar-refractivity contribution in [3.8, 4) is 5.75 Å². The van der Waals surface area contributed by atoms with Gasteiger partial charge in [0.1, 0.15) is 5.75 Å². The zero-order chi connectivity index (χ0) is 18.6. The highest BCUT2D eigenvalue weighted by Gasteiger charge is 2.25. The summed E-state index contributed by atoms with van der Waals surface area (Å²) < 4.78 is 11.0. The maximum atomic E-state index is 5.63. The number of halogens is 1. The first-order valence-corrected chi connectivity index (χ1v) is 9.69. The third kappa shape index (κ3) is 7.83. The van der Waals surface area contributed by atoms with Crippen LogP contribution >= 0.6 is 24.0 Å². The molecule has 27 heavy (non-hydrogen) atoms. The predicted molar refractivity (Wildman–Crippen MR) is 122 cm³/mol. The molecule has 0 bridgehead atoms. The van der Waals surface area contributed by atoms with Gasteiger partial charge in [-0.1, -0.05) is 24.6 Å². The molecule has 1 aliphatic heterocycles. The summed E-state index contributed by atoms with van der Waals surface area (Å²) in [5, 5.41) is 6.79. The fourth-order valence-electron chi connectivity index (χ4n) is 3.41. The molecule has 7 heteroatoms. The molecule has 6 nitrogen and oxygen atoms in total. The summed E-state index contributed by atoms with van der Waals surface area (Å²) in [7, 11) is 3.54. The highest BCUT2D eigenvalue weighted by Crippen LogP contribution is 2.30. The van der Waals surface area contributed by atoms with E-state index in [9.17, 15) is 0 Å². The van der Waals surface area contributed by atoms with Crippen molar-refractivity contribution in [1.82, 2.24) is 15.5 Å². The monoisotopic (exact) mass is 490 g/mol. The quantitative estimate of drug-likeness (QED) is 0.241. The number of benzene rings is 1. The Balaban J connectivity index is 0.00000364. The summed E-state index contributed by atoms with van der Waals surface area (Å²) in [6.45, 7) is 7.20. The Kier molecular flexibility index (Phi) is 12.4. The van der Waals surface area contributed by atoms with E-state index in [0.29, 0.717) is 6.61 Å². The van der Waals surface area contributed by atoms with Crippen molar-refractivity contribution < 1.29 is 9.47 Å². The average molecular weight is 490 g/mol. The lowest BCUT2D eigenvalue weighted by atomic mass is 10.0. The summed E-state index contributed by atoms with van der Waals surface area (Å²) in [5.41, 5.74) is 1.23. The zero-order valence-corrected chi connectivity index (χ0v) is 19.2. The summed E-state index contributed by atoms with van der Waals surface area (Å²) in [5.74, 6) is 1.76. The molecule has 0 radical (unpaired) electrons. The molecule has 1 saturated heterocycles. The Morgan fingerprint density at radius 3 is 2.59 bits per heavy atom. The van der Waals surface area contributed by atoms with Gasteiger partial charge in [-0.2, -0.15) is 0 Å². The number of hydrogen-bond donors (Lipinski definition) is 2. The number of aliphatic imine (C=N–C) groups is 1. The minimum Gasteiger partial charge on any atom is -0.496 e. The van der Waals surface area contributed by atoms with Crippen LogP contribution in [0.2, 0.25) is 0 Å². The second-order valence-electron chi connectivity index (χ2n) is 6.43. The molecule has 1 heterocycles. The molecule has 2 N–H and O–H groups in total. The maximum absolute atomic E-state index is 5.63. The Morgan fingerprint density at radius 1 is 1.19 bits per heavy atom. The van der Waals surface area contributed by atoms with Gasteiger partial charge in [0.15, 0.2) is 5.96 Å². The SMILES string of the molecule is CCOCCNC(=NC)NCC(c1ccccc1OC)N1CCCCC1.I. The highest BCUT2D eigenvalue weighted by atomic mass is 127. The highest BCUT2D eigenvalue weighted by molar-refractivity contribution is 14.0. The number of hydrogen-bond acceptors (Lipinski definition) is 4. The second-order valence-corrected chi connectivity index (χ2v) is 6.43. The van der Waals surface area contributed by atoms with Crippen LogP contribution in [-0.2, 0) is 4.74 Å². The van der Waals surface area contributed by atoms with Crippen molar-refractivity contribution in [2.45, 2.75) is 32.2 Å². The number of para-hydroxylation sites is 1. The largest absolute Gasteiger partial charge is 0.496 e. The van der Waals surface area contributed by atoms with Crippen LogP contribution in [0.3, 0.4) is 0 Å². The van der Waals surface area contributed by atoms with Gasteiger partial charge in [-0.15, -0.1) is 24.0 Å². The molecule has 0 saturated carbocycles. The van der Waals surface area contributed by atoms with Crippen LogP contribution < -0.4 is 15.4 Å². The molecule has 0 spiro atoms. The molecule has 1 atom stereocenters. The Labute approximate surface area is 181 Å². The van der Waals surface area contributed by atoms with Crippen molar-refractivity contribution in [2.24, 2.45) is 4.99 Å². The Hall–Kier alpha value is -1.06. The van der Waals surface area contributed by atoms with E-state index in [-0.39, 0.29) is 30.0 Å². The smallest absolute Gasteiger partial charge is 0.191 e. The van der Waals surface area contributed by atoms with Gasteiger partial charge in [0.2, 0.25) is 0 Å². The lowest BCUT2D eigenvalue weighted by Crippen LogP contribution is -2.45. The van der Waals surface area contributed by atoms with Crippen LogP contribution in [-0.4, -0.2) is 64.4 Å². The first-order valence-electron chi connectivity index (χ1n) is 9.69. The molecule has 0 aromatic heterocycles. The number of methoxy groups -OCH3 is 1. The van der Waals surface area contributed by atoms with E-state index >= 15 is 0 Å². The van der Waals surface area contributed by atoms with Gasteiger partial charge in [-0.05, 0) is 38.9 Å². The van der Waals surface area contributed by atoms with E-state index in [0.717, 1.165) is 44.5 Å². The van der Waals surface area contributed by atoms with Crippen LogP contribution in [0.15, 0.2) is 29.3 Å². The molecule has 1 aromatic rings. The number of nitrogens with one attached hydrogen (secondary N) is 2. The van der Waals surface area contributed by atoms with Gasteiger partial charge >= 0.3 is 0 Å². The summed E-state index contributed by atoms with van der Waals surface area (Å²) in [6, 6.07) is 8.59. The van der Waals surface area contributed by atoms with Crippen molar-refractivity contribution in [2.75, 3.05) is 53.6 Å². The number of guanidine groups is 1. The van der Waals surface area contributed by atoms with Crippen molar-refractivity contribution in [3.05, 3.63) is 29.8 Å². The Bertz CT molecular complexity index is 551. The third-order valence-corrected chi connectivity index (χ3v) is 4.76. The predicted octanol–water partition coefficient (Wildman–Crippen LogP) is 3.04. The summed E-state index contributed by atoms with van der Waals surface area (Å²) in [6.07, 6.45) is 3.84. The molecule has 1 aromatic carbocycles. The van der Waals surface area contributed by atoms with Gasteiger partial charge in [-0.25, -0.2) is 0 Å². The summed E-state index contributed by atoms with van der Waals surface area (Å²) in [4.78, 5) is 6.89. The van der Waals surface area contributed by atoms with Crippen molar-refractivity contribution in [3.63, 3.8) is 0 Å². The van der Waals surface area contributed by atoms with Gasteiger partial charge < -0.3 is 20.1 Å². The standard InChI is InChI=1S/C20H34N4O2.HI/c1-4-26-15-12-22-20(21-2)23-16-18(24-13-8-5-9-14-24)17-10-6-7-11-19(17)25-3;/h6-7,10-11,18H,4-5,8-9,12-16H2,1-3H3,(H2,21,22,23);1H. The first kappa shape index (κ1) is 24.0. The van der Waals surface area contributed by atoms with Crippen molar-refractivity contribution in [1.29, 1.82) is 0 Å². The average Bonchev–Trinajstić information content (AvgIpc) is 2.70. The van der Waals surface area contributed by atoms with Crippen LogP contribution in [0.25, 0.3) is 0 Å². The number of ether oxygens (including phenoxy) is 2. The van der Waals surface area contributed by atoms with Gasteiger partial charge in [0, 0.05) is 32.3 Å². The number of nitrogens with zero attached hydrogens (tertiary/aromatic N) is 2. The number of rotatable bonds is 9. The van der Waals surface area contributed by atoms with Crippen LogP contribution in [0.5, 0.6) is 5.75 Å². The molecule has 1 fully saturated rings. The molecular formula is C20H35IN4O2. The van der Waals surface area contributed by atoms with E-state index in [1.165, 1.54) is 24.8 Å². The van der Waals surface area contributed by atoms with E-state index in [2.05, 4.69) is 32.7 Å². The van der Waals surface area contributed by atoms with E-state index < -0.39 is 0 Å². The fraction of sp³-hybridized carbons (Fsp3) is 0.650. The maximum Gasteiger partial charge on any atom is 0.191 e. The second kappa shape index (κ2) is 14.0. The van der Waals surface area contributed by atoms with Gasteiger partial charge in [0.05, 0.1) is 19.8 Å². The van der Waals surface area contributed by atoms with E-state index in [1.807, 2.05) is 19.1 Å². The van der Waals surface area contributed by atoms with Gasteiger partial charge in [0.25, 0.3) is 0 Å². The number of piperidine rings is 1. The van der Waals surface area contributed by atoms with Crippen LogP contribution in [0.1, 0.15) is 37.8 Å². The molecule has 2 rings (SSSR count). The zero-order valence-electron chi connectivity index (χ0n) is 16.9. The molecule has 0 amide bonds. The minimum atomic E-state index is 0. The topological polar surface area (TPSA) is 58.1 Å². The number of likely N-dealkylation sites (tertiary alicyclic amines) is 1. The molecule has 154 valence electrons. The lowest BCUT2D eigenvalue weighted by molar-refractivity contribution is 0.152. The fourth-order valence-corrected chi connectivity index (χ4v) is 3.41. The van der Waals surface area contributed by atoms with Crippen LogP contribution in [0.4, 0.5) is 0 Å². The molecule has 0 aliphatic carbocycles. The molecule has 1 aliphatic rings. The minimum absolute atomic E-state index is 0. The summed E-state index contributed by atoms with van der Waals surface area (Å²) >= 11 is 0. The van der Waals surface area contributed by atoms with Crippen molar-refractivity contribution >= 4 is 29.9 Å². The van der Waals surface area contributed by atoms with Crippen LogP contribution in [0, 0.1) is 0 Å². The molecular weight excluding hydrogens is 455 g/mol. The lowest BCUT2D eigenvalue weighted by Gasteiger charge is -2.35. The van der Waals surface area contributed by atoms with Gasteiger partial charge in [-0.3, -0.25) is 9.89 Å². The third-order valence-electron chi connectivity index (χ3n) is 4.76. The molecule has 1 unspecified atom stereocenters. The Morgan fingerprint density at radius 2 is 1.93 bits per heavy atom. The van der Waals surface area contributed by atoms with E-state index in [1.54, 1.807) is 14.2 Å².